The summed E-state index contributed by atoms with van der Waals surface area (Å²) in [5.41, 5.74) is 1.38. The van der Waals surface area contributed by atoms with E-state index in [1.54, 1.807) is 0 Å². The summed E-state index contributed by atoms with van der Waals surface area (Å²) < 4.78 is 9.18. The van der Waals surface area contributed by atoms with Crippen molar-refractivity contribution in [2.45, 2.75) is 19.3 Å². The average molecular weight is 309 g/mol. The summed E-state index contributed by atoms with van der Waals surface area (Å²) in [4.78, 5) is 35.7. The lowest BCUT2D eigenvalue weighted by atomic mass is 10.1. The molecule has 0 aromatic carbocycles. The molecule has 1 N–H and O–H groups in total. The molecule has 0 unspecified atom stereocenters. The molecule has 1 aliphatic carbocycles. The van der Waals surface area contributed by atoms with Gasteiger partial charge in [0.2, 0.25) is 5.91 Å². The fourth-order valence-corrected chi connectivity index (χ4v) is 3.46. The molecular formula is C14H15NO5S. The van der Waals surface area contributed by atoms with E-state index < -0.39 is 17.8 Å². The third-order valence-electron chi connectivity index (χ3n) is 3.12. The molecular weight excluding hydrogens is 294 g/mol. The molecule has 1 aromatic heterocycles. The minimum Gasteiger partial charge on any atom is -0.466 e. The highest BCUT2D eigenvalue weighted by Gasteiger charge is 2.27. The van der Waals surface area contributed by atoms with Crippen molar-refractivity contribution in [1.29, 1.82) is 0 Å². The summed E-state index contributed by atoms with van der Waals surface area (Å²) in [5.74, 6) is -1.57. The second-order valence-corrected chi connectivity index (χ2v) is 5.50. The molecule has 2 rings (SSSR count). The first kappa shape index (κ1) is 15.2. The van der Waals surface area contributed by atoms with Gasteiger partial charge in [0.05, 0.1) is 19.8 Å². The van der Waals surface area contributed by atoms with Crippen LogP contribution in [-0.2, 0) is 31.9 Å². The minimum absolute atomic E-state index is 0.426. The van der Waals surface area contributed by atoms with E-state index in [2.05, 4.69) is 10.1 Å². The van der Waals surface area contributed by atoms with Gasteiger partial charge in [-0.05, 0) is 24.8 Å². The van der Waals surface area contributed by atoms with E-state index in [1.807, 2.05) is 0 Å². The topological polar surface area (TPSA) is 81.7 Å². The standard InChI is InChI=1S/C14H15NO5S/c1-19-11(17)7-6-10(16)15-13-12(14(18)20-2)8-4-3-5-9(8)21-13/h6-7H,3-5H2,1-2H3,(H,15,16)/b7-6+. The Bertz CT molecular complexity index is 617. The van der Waals surface area contributed by atoms with Crippen molar-refractivity contribution in [2.75, 3.05) is 19.5 Å². The normalized spacial score (nSPS) is 13.0. The van der Waals surface area contributed by atoms with Crippen molar-refractivity contribution in [1.82, 2.24) is 0 Å². The molecule has 0 fully saturated rings. The molecule has 0 atom stereocenters. The van der Waals surface area contributed by atoms with Crippen molar-refractivity contribution in [2.24, 2.45) is 0 Å². The maximum Gasteiger partial charge on any atom is 0.341 e. The van der Waals surface area contributed by atoms with Gasteiger partial charge in [0, 0.05) is 17.0 Å². The van der Waals surface area contributed by atoms with Crippen molar-refractivity contribution >= 4 is 34.2 Å². The molecule has 1 amide bonds. The Hall–Kier alpha value is -2.15. The number of nitrogens with one attached hydrogen (secondary N) is 1. The van der Waals surface area contributed by atoms with Gasteiger partial charge >= 0.3 is 11.9 Å². The van der Waals surface area contributed by atoms with E-state index >= 15 is 0 Å². The number of ether oxygens (including phenoxy) is 2. The fourth-order valence-electron chi connectivity index (χ4n) is 2.18. The number of anilines is 1. The molecule has 0 saturated carbocycles. The van der Waals surface area contributed by atoms with E-state index in [9.17, 15) is 14.4 Å². The minimum atomic E-state index is -0.619. The van der Waals surface area contributed by atoms with Crippen LogP contribution in [0.5, 0.6) is 0 Å². The van der Waals surface area contributed by atoms with Crippen molar-refractivity contribution in [3.8, 4) is 0 Å². The van der Waals surface area contributed by atoms with Crippen LogP contribution < -0.4 is 5.32 Å². The lowest BCUT2D eigenvalue weighted by Crippen LogP contribution is -2.12. The Morgan fingerprint density at radius 3 is 2.57 bits per heavy atom. The van der Waals surface area contributed by atoms with Gasteiger partial charge in [0.25, 0.3) is 0 Å². The molecule has 6 nitrogen and oxygen atoms in total. The number of rotatable bonds is 4. The highest BCUT2D eigenvalue weighted by molar-refractivity contribution is 7.17. The number of carbonyl (C=O) groups excluding carboxylic acids is 3. The Kier molecular flexibility index (Phi) is 4.74. The number of thiophene rings is 1. The molecule has 0 saturated heterocycles. The molecule has 0 spiro atoms. The van der Waals surface area contributed by atoms with Gasteiger partial charge in [-0.25, -0.2) is 9.59 Å². The molecule has 112 valence electrons. The SMILES string of the molecule is COC(=O)/C=C/C(=O)Nc1sc2c(c1C(=O)OC)CCC2. The Morgan fingerprint density at radius 2 is 1.90 bits per heavy atom. The van der Waals surface area contributed by atoms with Gasteiger partial charge in [-0.3, -0.25) is 4.79 Å². The summed E-state index contributed by atoms with van der Waals surface area (Å²) in [5, 5.41) is 3.08. The molecule has 0 bridgehead atoms. The quantitative estimate of drug-likeness (QED) is 0.676. The predicted octanol–water partition coefficient (Wildman–Crippen LogP) is 1.69. The second-order valence-electron chi connectivity index (χ2n) is 4.40. The number of aryl methyl sites for hydroxylation is 1. The van der Waals surface area contributed by atoms with Crippen molar-refractivity contribution < 1.29 is 23.9 Å². The first-order valence-corrected chi connectivity index (χ1v) is 7.18. The van der Waals surface area contributed by atoms with Crippen LogP contribution in [0.4, 0.5) is 5.00 Å². The first-order chi connectivity index (χ1) is 10.1. The third kappa shape index (κ3) is 3.30. The van der Waals surface area contributed by atoms with E-state index in [1.165, 1.54) is 25.6 Å². The van der Waals surface area contributed by atoms with Crippen LogP contribution in [0.2, 0.25) is 0 Å². The van der Waals surface area contributed by atoms with Crippen LogP contribution in [0, 0.1) is 0 Å². The van der Waals surface area contributed by atoms with Crippen molar-refractivity contribution in [3.05, 3.63) is 28.2 Å². The summed E-state index contributed by atoms with van der Waals surface area (Å²) in [6.07, 6.45) is 4.80. The molecule has 1 aromatic rings. The van der Waals surface area contributed by atoms with E-state index in [0.29, 0.717) is 10.6 Å². The van der Waals surface area contributed by atoms with Gasteiger partial charge in [-0.1, -0.05) is 0 Å². The summed E-state index contributed by atoms with van der Waals surface area (Å²) in [6.45, 7) is 0. The number of esters is 2. The Morgan fingerprint density at radius 1 is 1.14 bits per heavy atom. The lowest BCUT2D eigenvalue weighted by molar-refractivity contribution is -0.135. The number of hydrogen-bond acceptors (Lipinski definition) is 6. The highest BCUT2D eigenvalue weighted by atomic mass is 32.1. The van der Waals surface area contributed by atoms with Crippen LogP contribution in [0.15, 0.2) is 12.2 Å². The van der Waals surface area contributed by atoms with E-state index in [0.717, 1.165) is 41.9 Å². The smallest absolute Gasteiger partial charge is 0.341 e. The molecule has 7 heteroatoms. The van der Waals surface area contributed by atoms with Crippen molar-refractivity contribution in [3.63, 3.8) is 0 Å². The zero-order valence-corrected chi connectivity index (χ0v) is 12.5. The van der Waals surface area contributed by atoms with Gasteiger partial charge in [-0.2, -0.15) is 0 Å². The number of fused-ring (bicyclic) bond motifs is 1. The summed E-state index contributed by atoms with van der Waals surface area (Å²) in [6, 6.07) is 0. The average Bonchev–Trinajstić information content (AvgIpc) is 3.04. The van der Waals surface area contributed by atoms with Crippen LogP contribution in [-0.4, -0.2) is 32.1 Å². The van der Waals surface area contributed by atoms with Crippen LogP contribution in [0.1, 0.15) is 27.2 Å². The zero-order chi connectivity index (χ0) is 15.4. The maximum absolute atomic E-state index is 11.9. The van der Waals surface area contributed by atoms with Gasteiger partial charge < -0.3 is 14.8 Å². The van der Waals surface area contributed by atoms with Crippen LogP contribution in [0.3, 0.4) is 0 Å². The summed E-state index contributed by atoms with van der Waals surface area (Å²) >= 11 is 1.38. The highest BCUT2D eigenvalue weighted by Crippen LogP contribution is 2.39. The van der Waals surface area contributed by atoms with Gasteiger partial charge in [-0.15, -0.1) is 11.3 Å². The molecule has 0 aliphatic heterocycles. The Labute approximate surface area is 125 Å². The lowest BCUT2D eigenvalue weighted by Gasteiger charge is -2.05. The third-order valence-corrected chi connectivity index (χ3v) is 4.33. The largest absolute Gasteiger partial charge is 0.466 e. The molecule has 0 radical (unpaired) electrons. The first-order valence-electron chi connectivity index (χ1n) is 6.36. The number of hydrogen-bond donors (Lipinski definition) is 1. The number of carbonyl (C=O) groups is 3. The predicted molar refractivity (Wildman–Crippen MR) is 77.5 cm³/mol. The maximum atomic E-state index is 11.9. The van der Waals surface area contributed by atoms with E-state index in [-0.39, 0.29) is 0 Å². The van der Waals surface area contributed by atoms with Gasteiger partial charge in [0.15, 0.2) is 0 Å². The van der Waals surface area contributed by atoms with Gasteiger partial charge in [0.1, 0.15) is 5.00 Å². The summed E-state index contributed by atoms with van der Waals surface area (Å²) in [7, 11) is 2.54. The van der Waals surface area contributed by atoms with E-state index in [4.69, 9.17) is 4.74 Å². The number of amides is 1. The van der Waals surface area contributed by atoms with Crippen LogP contribution >= 0.6 is 11.3 Å². The Balaban J connectivity index is 2.21. The zero-order valence-electron chi connectivity index (χ0n) is 11.7. The fraction of sp³-hybridized carbons (Fsp3) is 0.357. The molecule has 21 heavy (non-hydrogen) atoms. The molecule has 1 aliphatic rings. The second kappa shape index (κ2) is 6.53. The van der Waals surface area contributed by atoms with Crippen LogP contribution in [0.25, 0.3) is 0 Å². The molecule has 1 heterocycles. The monoisotopic (exact) mass is 309 g/mol. The number of methoxy groups -OCH3 is 2.